The zero-order valence-corrected chi connectivity index (χ0v) is 14.3. The van der Waals surface area contributed by atoms with Crippen LogP contribution < -0.4 is 5.32 Å². The molecule has 26 heavy (non-hydrogen) atoms. The van der Waals surface area contributed by atoms with Gasteiger partial charge in [0.1, 0.15) is 5.82 Å². The van der Waals surface area contributed by atoms with E-state index in [2.05, 4.69) is 22.1 Å². The summed E-state index contributed by atoms with van der Waals surface area (Å²) in [7, 11) is 0. The maximum absolute atomic E-state index is 12.3. The monoisotopic (exact) mass is 342 g/mol. The van der Waals surface area contributed by atoms with Gasteiger partial charge in [0, 0.05) is 36.8 Å². The number of amides is 1. The zero-order valence-electron chi connectivity index (χ0n) is 14.3. The standard InChI is InChI=1S/C21H18N4O/c22-12-15-4-1-7-18(10-15)21(26)23-13-16-5-2-6-17(11-16)19-14-25-9-3-8-20(25)24-19/h1-2,4-7,10-11,14H,3,8-9,13H2,(H,23,26). The first-order chi connectivity index (χ1) is 12.7. The summed E-state index contributed by atoms with van der Waals surface area (Å²) in [6.07, 6.45) is 4.31. The van der Waals surface area contributed by atoms with Crippen LogP contribution in [0.2, 0.25) is 0 Å². The smallest absolute Gasteiger partial charge is 0.251 e. The second kappa shape index (κ2) is 6.85. The van der Waals surface area contributed by atoms with Gasteiger partial charge in [-0.15, -0.1) is 0 Å². The average Bonchev–Trinajstić information content (AvgIpc) is 3.28. The molecule has 4 rings (SSSR count). The van der Waals surface area contributed by atoms with Crippen LogP contribution in [0.1, 0.15) is 33.7 Å². The third kappa shape index (κ3) is 3.22. The Morgan fingerprint density at radius 3 is 2.96 bits per heavy atom. The normalized spacial score (nSPS) is 12.4. The van der Waals surface area contributed by atoms with Crippen molar-refractivity contribution in [2.75, 3.05) is 0 Å². The third-order valence-electron chi connectivity index (χ3n) is 4.59. The maximum Gasteiger partial charge on any atom is 0.251 e. The number of carbonyl (C=O) groups is 1. The largest absolute Gasteiger partial charge is 0.348 e. The molecule has 1 amide bonds. The fourth-order valence-electron chi connectivity index (χ4n) is 3.25. The molecule has 5 nitrogen and oxygen atoms in total. The van der Waals surface area contributed by atoms with Crippen LogP contribution in [0, 0.1) is 11.3 Å². The van der Waals surface area contributed by atoms with E-state index in [0.29, 0.717) is 17.7 Å². The maximum atomic E-state index is 12.3. The lowest BCUT2D eigenvalue weighted by Gasteiger charge is -2.07. The van der Waals surface area contributed by atoms with Crippen LogP contribution >= 0.6 is 0 Å². The highest BCUT2D eigenvalue weighted by atomic mass is 16.1. The Morgan fingerprint density at radius 2 is 2.12 bits per heavy atom. The Hall–Kier alpha value is -3.39. The first kappa shape index (κ1) is 16.1. The van der Waals surface area contributed by atoms with E-state index >= 15 is 0 Å². The molecule has 1 aliphatic heterocycles. The Balaban J connectivity index is 1.47. The molecule has 0 aliphatic carbocycles. The topological polar surface area (TPSA) is 70.7 Å². The fourth-order valence-corrected chi connectivity index (χ4v) is 3.25. The van der Waals surface area contributed by atoms with Crippen molar-refractivity contribution in [2.45, 2.75) is 25.9 Å². The number of nitriles is 1. The average molecular weight is 342 g/mol. The number of imidazole rings is 1. The summed E-state index contributed by atoms with van der Waals surface area (Å²) in [5, 5.41) is 11.9. The minimum Gasteiger partial charge on any atom is -0.348 e. The van der Waals surface area contributed by atoms with Gasteiger partial charge in [0.2, 0.25) is 0 Å². The minimum atomic E-state index is -0.187. The van der Waals surface area contributed by atoms with Crippen LogP contribution in [0.5, 0.6) is 0 Å². The molecule has 0 unspecified atom stereocenters. The highest BCUT2D eigenvalue weighted by Crippen LogP contribution is 2.23. The zero-order chi connectivity index (χ0) is 17.9. The van der Waals surface area contributed by atoms with Crippen molar-refractivity contribution in [3.05, 3.63) is 77.2 Å². The molecule has 0 atom stereocenters. The van der Waals surface area contributed by atoms with Gasteiger partial charge in [-0.3, -0.25) is 4.79 Å². The molecular formula is C21H18N4O. The molecule has 1 aliphatic rings. The molecule has 0 saturated carbocycles. The van der Waals surface area contributed by atoms with Crippen molar-refractivity contribution in [3.63, 3.8) is 0 Å². The van der Waals surface area contributed by atoms with Gasteiger partial charge in [0.05, 0.1) is 17.3 Å². The van der Waals surface area contributed by atoms with Crippen molar-refractivity contribution >= 4 is 5.91 Å². The second-order valence-electron chi connectivity index (χ2n) is 6.41. The van der Waals surface area contributed by atoms with Crippen LogP contribution in [0.3, 0.4) is 0 Å². The van der Waals surface area contributed by atoms with Crippen LogP contribution in [0.15, 0.2) is 54.7 Å². The molecule has 0 fully saturated rings. The molecule has 2 aromatic carbocycles. The number of rotatable bonds is 4. The van der Waals surface area contributed by atoms with E-state index in [0.717, 1.165) is 35.6 Å². The summed E-state index contributed by atoms with van der Waals surface area (Å²) in [6.45, 7) is 1.47. The summed E-state index contributed by atoms with van der Waals surface area (Å²) in [6, 6.07) is 16.8. The first-order valence-electron chi connectivity index (χ1n) is 8.67. The van der Waals surface area contributed by atoms with Crippen molar-refractivity contribution in [2.24, 2.45) is 0 Å². The van der Waals surface area contributed by atoms with Crippen LogP contribution in [0.4, 0.5) is 0 Å². The summed E-state index contributed by atoms with van der Waals surface area (Å²) in [4.78, 5) is 17.0. The van der Waals surface area contributed by atoms with E-state index in [1.807, 2.05) is 24.3 Å². The predicted octanol–water partition coefficient (Wildman–Crippen LogP) is 3.30. The van der Waals surface area contributed by atoms with Crippen molar-refractivity contribution in [1.29, 1.82) is 5.26 Å². The van der Waals surface area contributed by atoms with Crippen molar-refractivity contribution in [3.8, 4) is 17.3 Å². The number of hydrogen-bond donors (Lipinski definition) is 1. The summed E-state index contributed by atoms with van der Waals surface area (Å²) < 4.78 is 2.21. The predicted molar refractivity (Wildman–Crippen MR) is 98.3 cm³/mol. The van der Waals surface area contributed by atoms with Gasteiger partial charge in [-0.25, -0.2) is 4.98 Å². The molecule has 1 N–H and O–H groups in total. The van der Waals surface area contributed by atoms with E-state index < -0.39 is 0 Å². The van der Waals surface area contributed by atoms with E-state index in [1.54, 1.807) is 24.3 Å². The number of nitrogens with one attached hydrogen (secondary N) is 1. The minimum absolute atomic E-state index is 0.187. The van der Waals surface area contributed by atoms with Crippen LogP contribution in [0.25, 0.3) is 11.3 Å². The molecule has 0 saturated heterocycles. The summed E-state index contributed by atoms with van der Waals surface area (Å²) >= 11 is 0. The molecule has 2 heterocycles. The van der Waals surface area contributed by atoms with Gasteiger partial charge < -0.3 is 9.88 Å². The Kier molecular flexibility index (Phi) is 4.24. The Labute approximate surface area is 151 Å². The van der Waals surface area contributed by atoms with Crippen molar-refractivity contribution in [1.82, 2.24) is 14.9 Å². The van der Waals surface area contributed by atoms with Gasteiger partial charge in [0.25, 0.3) is 5.91 Å². The quantitative estimate of drug-likeness (QED) is 0.791. The lowest BCUT2D eigenvalue weighted by atomic mass is 10.1. The number of aryl methyl sites for hydroxylation is 2. The van der Waals surface area contributed by atoms with Gasteiger partial charge in [-0.05, 0) is 36.2 Å². The number of nitrogens with zero attached hydrogens (tertiary/aromatic N) is 3. The number of carbonyl (C=O) groups excluding carboxylic acids is 1. The first-order valence-corrected chi connectivity index (χ1v) is 8.67. The highest BCUT2D eigenvalue weighted by molar-refractivity contribution is 5.94. The number of hydrogen-bond acceptors (Lipinski definition) is 3. The number of aromatic nitrogens is 2. The fraction of sp³-hybridized carbons (Fsp3) is 0.190. The van der Waals surface area contributed by atoms with Gasteiger partial charge >= 0.3 is 0 Å². The SMILES string of the molecule is N#Cc1cccc(C(=O)NCc2cccc(-c3cn4c(n3)CCC4)c2)c1. The van der Waals surface area contributed by atoms with Crippen LogP contribution in [-0.4, -0.2) is 15.5 Å². The van der Waals surface area contributed by atoms with Crippen LogP contribution in [-0.2, 0) is 19.5 Å². The summed E-state index contributed by atoms with van der Waals surface area (Å²) in [5.41, 5.74) is 4.03. The van der Waals surface area contributed by atoms with Gasteiger partial charge in [-0.2, -0.15) is 5.26 Å². The second-order valence-corrected chi connectivity index (χ2v) is 6.41. The van der Waals surface area contributed by atoms with Crippen molar-refractivity contribution < 1.29 is 4.79 Å². The van der Waals surface area contributed by atoms with Gasteiger partial charge in [0.15, 0.2) is 0 Å². The molecule has 0 radical (unpaired) electrons. The molecule has 0 bridgehead atoms. The van der Waals surface area contributed by atoms with E-state index in [1.165, 1.54) is 6.42 Å². The lowest BCUT2D eigenvalue weighted by molar-refractivity contribution is 0.0951. The Morgan fingerprint density at radius 1 is 1.23 bits per heavy atom. The van der Waals surface area contributed by atoms with Gasteiger partial charge in [-0.1, -0.05) is 24.3 Å². The molecule has 0 spiro atoms. The molecule has 5 heteroatoms. The highest BCUT2D eigenvalue weighted by Gasteiger charge is 2.14. The summed E-state index contributed by atoms with van der Waals surface area (Å²) in [5.74, 6) is 0.963. The third-order valence-corrected chi connectivity index (χ3v) is 4.59. The molecule has 1 aromatic heterocycles. The van der Waals surface area contributed by atoms with E-state index in [4.69, 9.17) is 10.2 Å². The Bertz CT molecular complexity index is 991. The molecule has 3 aromatic rings. The number of fused-ring (bicyclic) bond motifs is 1. The molecule has 128 valence electrons. The van der Waals surface area contributed by atoms with E-state index in [9.17, 15) is 4.79 Å². The number of benzene rings is 2. The molecular weight excluding hydrogens is 324 g/mol. The van der Waals surface area contributed by atoms with E-state index in [-0.39, 0.29) is 5.91 Å². The lowest BCUT2D eigenvalue weighted by Crippen LogP contribution is -2.22.